The second-order valence-electron chi connectivity index (χ2n) is 8.09. The molecule has 2 saturated carbocycles. The first kappa shape index (κ1) is 16.6. The summed E-state index contributed by atoms with van der Waals surface area (Å²) in [6.45, 7) is 4.11. The summed E-state index contributed by atoms with van der Waals surface area (Å²) < 4.78 is 28.4. The van der Waals surface area contributed by atoms with Crippen molar-refractivity contribution >= 4 is 32.3 Å². The van der Waals surface area contributed by atoms with E-state index in [0.717, 1.165) is 17.2 Å². The standard InChI is InChI=1S/C20H23NO3S/c1-19(2)16-9-10-20(19,18(22)12-16)13-25(23,24)21-17-8-7-14-5-3-4-6-15(14)11-17/h3-8,11,16,21H,9-10,12-13H2,1-2H3/t16-,20-/m0/s1. The van der Waals surface area contributed by atoms with Gasteiger partial charge in [-0.2, -0.15) is 0 Å². The van der Waals surface area contributed by atoms with E-state index < -0.39 is 15.4 Å². The minimum atomic E-state index is -3.61. The number of hydrogen-bond acceptors (Lipinski definition) is 3. The average Bonchev–Trinajstić information content (AvgIpc) is 2.88. The third kappa shape index (κ3) is 2.48. The molecule has 0 radical (unpaired) electrons. The first-order valence-corrected chi connectivity index (χ1v) is 10.4. The molecule has 132 valence electrons. The van der Waals surface area contributed by atoms with Gasteiger partial charge in [0.25, 0.3) is 0 Å². The Kier molecular flexibility index (Phi) is 3.52. The Balaban J connectivity index is 1.62. The van der Waals surface area contributed by atoms with Crippen molar-refractivity contribution in [3.63, 3.8) is 0 Å². The van der Waals surface area contributed by atoms with Crippen LogP contribution in [0.15, 0.2) is 42.5 Å². The van der Waals surface area contributed by atoms with E-state index in [2.05, 4.69) is 18.6 Å². The van der Waals surface area contributed by atoms with Gasteiger partial charge in [0.1, 0.15) is 5.78 Å². The van der Waals surface area contributed by atoms with Gasteiger partial charge in [0.2, 0.25) is 10.0 Å². The maximum atomic E-state index is 12.8. The molecule has 4 rings (SSSR count). The van der Waals surface area contributed by atoms with Crippen LogP contribution in [0.2, 0.25) is 0 Å². The molecule has 5 heteroatoms. The normalized spacial score (nSPS) is 27.8. The molecule has 0 unspecified atom stereocenters. The fraction of sp³-hybridized carbons (Fsp3) is 0.450. The second kappa shape index (κ2) is 5.31. The number of benzene rings is 2. The van der Waals surface area contributed by atoms with E-state index in [1.54, 1.807) is 6.07 Å². The lowest BCUT2D eigenvalue weighted by Crippen LogP contribution is -2.43. The van der Waals surface area contributed by atoms with Crippen molar-refractivity contribution < 1.29 is 13.2 Å². The van der Waals surface area contributed by atoms with Gasteiger partial charge in [0.15, 0.2) is 0 Å². The maximum absolute atomic E-state index is 12.8. The smallest absolute Gasteiger partial charge is 0.233 e. The molecule has 0 saturated heterocycles. The highest BCUT2D eigenvalue weighted by molar-refractivity contribution is 7.92. The number of rotatable bonds is 4. The van der Waals surface area contributed by atoms with Gasteiger partial charge < -0.3 is 0 Å². The highest BCUT2D eigenvalue weighted by atomic mass is 32.2. The SMILES string of the molecule is CC1(C)[C@H]2CC[C@]1(CS(=O)(=O)Nc1ccc3ccccc3c1)C(=O)C2. The number of anilines is 1. The highest BCUT2D eigenvalue weighted by Gasteiger charge is 2.65. The van der Waals surface area contributed by atoms with Crippen molar-refractivity contribution in [2.24, 2.45) is 16.7 Å². The average molecular weight is 357 g/mol. The Morgan fingerprint density at radius 3 is 2.48 bits per heavy atom. The zero-order chi connectivity index (χ0) is 17.9. The largest absolute Gasteiger partial charge is 0.299 e. The van der Waals surface area contributed by atoms with Gasteiger partial charge in [0.05, 0.1) is 11.2 Å². The number of carbonyl (C=O) groups is 1. The summed E-state index contributed by atoms with van der Waals surface area (Å²) in [7, 11) is -3.61. The number of fused-ring (bicyclic) bond motifs is 3. The topological polar surface area (TPSA) is 63.2 Å². The van der Waals surface area contributed by atoms with E-state index in [-0.39, 0.29) is 17.0 Å². The highest BCUT2D eigenvalue weighted by Crippen LogP contribution is 2.64. The number of hydrogen-bond donors (Lipinski definition) is 1. The van der Waals surface area contributed by atoms with Crippen LogP contribution in [0.1, 0.15) is 33.1 Å². The van der Waals surface area contributed by atoms with Gasteiger partial charge in [-0.25, -0.2) is 8.42 Å². The third-order valence-corrected chi connectivity index (χ3v) is 8.02. The molecule has 2 aliphatic carbocycles. The zero-order valence-electron chi connectivity index (χ0n) is 14.6. The van der Waals surface area contributed by atoms with Crippen molar-refractivity contribution in [1.82, 2.24) is 0 Å². The molecule has 4 nitrogen and oxygen atoms in total. The summed E-state index contributed by atoms with van der Waals surface area (Å²) in [6, 6.07) is 13.3. The summed E-state index contributed by atoms with van der Waals surface area (Å²) in [6.07, 6.45) is 2.16. The van der Waals surface area contributed by atoms with Gasteiger partial charge in [-0.15, -0.1) is 0 Å². The molecule has 2 atom stereocenters. The summed E-state index contributed by atoms with van der Waals surface area (Å²) in [5, 5.41) is 2.05. The van der Waals surface area contributed by atoms with Gasteiger partial charge in [-0.3, -0.25) is 9.52 Å². The molecule has 0 spiro atoms. The predicted octanol–water partition coefficient (Wildman–Crippen LogP) is 3.98. The van der Waals surface area contributed by atoms with Crippen LogP contribution in [0.5, 0.6) is 0 Å². The summed E-state index contributed by atoms with van der Waals surface area (Å²) in [5.74, 6) is 0.323. The summed E-state index contributed by atoms with van der Waals surface area (Å²) in [4.78, 5) is 12.6. The zero-order valence-corrected chi connectivity index (χ0v) is 15.4. The van der Waals surface area contributed by atoms with E-state index in [1.807, 2.05) is 36.4 Å². The molecular weight excluding hydrogens is 334 g/mol. The molecule has 0 aromatic heterocycles. The fourth-order valence-corrected chi connectivity index (χ4v) is 6.79. The molecule has 1 N–H and O–H groups in total. The Labute approximate surface area is 148 Å². The van der Waals surface area contributed by atoms with Crippen LogP contribution in [0.4, 0.5) is 5.69 Å². The monoisotopic (exact) mass is 357 g/mol. The quantitative estimate of drug-likeness (QED) is 0.900. The summed E-state index contributed by atoms with van der Waals surface area (Å²) in [5.41, 5.74) is -0.435. The van der Waals surface area contributed by atoms with Crippen LogP contribution in [-0.4, -0.2) is 20.0 Å². The van der Waals surface area contributed by atoms with E-state index >= 15 is 0 Å². The van der Waals surface area contributed by atoms with Gasteiger partial charge in [0, 0.05) is 12.1 Å². The first-order valence-electron chi connectivity index (χ1n) is 8.76. The van der Waals surface area contributed by atoms with Crippen LogP contribution >= 0.6 is 0 Å². The Hall–Kier alpha value is -1.88. The lowest BCUT2D eigenvalue weighted by atomic mass is 9.70. The number of nitrogens with one attached hydrogen (secondary N) is 1. The molecule has 0 amide bonds. The van der Waals surface area contributed by atoms with Crippen LogP contribution in [0.25, 0.3) is 10.8 Å². The van der Waals surface area contributed by atoms with Crippen molar-refractivity contribution in [1.29, 1.82) is 0 Å². The second-order valence-corrected chi connectivity index (χ2v) is 9.81. The number of sulfonamides is 1. The molecule has 25 heavy (non-hydrogen) atoms. The molecule has 2 aromatic rings. The van der Waals surface area contributed by atoms with Crippen LogP contribution in [-0.2, 0) is 14.8 Å². The molecule has 2 bridgehead atoms. The van der Waals surface area contributed by atoms with E-state index in [1.165, 1.54) is 0 Å². The van der Waals surface area contributed by atoms with Crippen molar-refractivity contribution in [2.45, 2.75) is 33.1 Å². The summed E-state index contributed by atoms with van der Waals surface area (Å²) >= 11 is 0. The Bertz CT molecular complexity index is 964. The van der Waals surface area contributed by atoms with Gasteiger partial charge >= 0.3 is 0 Å². The first-order chi connectivity index (χ1) is 11.7. The van der Waals surface area contributed by atoms with Crippen LogP contribution < -0.4 is 4.72 Å². The fourth-order valence-electron chi connectivity index (χ4n) is 4.90. The minimum Gasteiger partial charge on any atom is -0.299 e. The van der Waals surface area contributed by atoms with Crippen molar-refractivity contribution in [3.8, 4) is 0 Å². The molecule has 0 aliphatic heterocycles. The van der Waals surface area contributed by atoms with Crippen LogP contribution in [0.3, 0.4) is 0 Å². The molecule has 2 aromatic carbocycles. The third-order valence-electron chi connectivity index (χ3n) is 6.60. The molecule has 2 aliphatic rings. The Morgan fingerprint density at radius 1 is 1.12 bits per heavy atom. The molecule has 2 fully saturated rings. The van der Waals surface area contributed by atoms with Crippen molar-refractivity contribution in [3.05, 3.63) is 42.5 Å². The number of ketones is 1. The molecular formula is C20H23NO3S. The molecule has 0 heterocycles. The number of carbonyl (C=O) groups excluding carboxylic acids is 1. The maximum Gasteiger partial charge on any atom is 0.233 e. The van der Waals surface area contributed by atoms with Crippen molar-refractivity contribution in [2.75, 3.05) is 10.5 Å². The van der Waals surface area contributed by atoms with E-state index in [9.17, 15) is 13.2 Å². The van der Waals surface area contributed by atoms with E-state index in [0.29, 0.717) is 24.4 Å². The van der Waals surface area contributed by atoms with Gasteiger partial charge in [-0.05, 0) is 47.1 Å². The van der Waals surface area contributed by atoms with Crippen LogP contribution in [0, 0.1) is 16.7 Å². The predicted molar refractivity (Wildman–Crippen MR) is 99.9 cm³/mol. The Morgan fingerprint density at radius 2 is 1.84 bits per heavy atom. The lowest BCUT2D eigenvalue weighted by molar-refractivity contribution is -0.128. The van der Waals surface area contributed by atoms with Gasteiger partial charge in [-0.1, -0.05) is 44.2 Å². The lowest BCUT2D eigenvalue weighted by Gasteiger charge is -2.36. The minimum absolute atomic E-state index is 0.116. The van der Waals surface area contributed by atoms with E-state index in [4.69, 9.17) is 0 Å². The number of Topliss-reactive ketones (excluding diaryl/α,β-unsaturated/α-hetero) is 1.